The molecule has 0 bridgehead atoms. The van der Waals surface area contributed by atoms with Gasteiger partial charge in [0.1, 0.15) is 6.33 Å². The number of carbonyl (C=O) groups excluding carboxylic acids is 3. The van der Waals surface area contributed by atoms with Crippen LogP contribution in [0.25, 0.3) is 5.69 Å². The van der Waals surface area contributed by atoms with Crippen molar-refractivity contribution in [3.8, 4) is 5.69 Å². The predicted molar refractivity (Wildman–Crippen MR) is 125 cm³/mol. The fourth-order valence-electron chi connectivity index (χ4n) is 3.69. The van der Waals surface area contributed by atoms with E-state index < -0.39 is 0 Å². The van der Waals surface area contributed by atoms with Gasteiger partial charge in [-0.15, -0.1) is 10.2 Å². The molecule has 33 heavy (non-hydrogen) atoms. The van der Waals surface area contributed by atoms with Crippen molar-refractivity contribution in [3.05, 3.63) is 100 Å². The molecule has 0 aliphatic heterocycles. The Balaban J connectivity index is 1.35. The van der Waals surface area contributed by atoms with Crippen LogP contribution in [-0.2, 0) is 4.79 Å². The van der Waals surface area contributed by atoms with Gasteiger partial charge in [0, 0.05) is 21.7 Å². The molecule has 7 nitrogen and oxygen atoms in total. The van der Waals surface area contributed by atoms with E-state index in [0.29, 0.717) is 27.0 Å². The number of benzene rings is 3. The molecule has 0 saturated heterocycles. The Morgan fingerprint density at radius 1 is 0.939 bits per heavy atom. The molecule has 1 N–H and O–H groups in total. The molecule has 1 amide bonds. The Morgan fingerprint density at radius 3 is 2.45 bits per heavy atom. The van der Waals surface area contributed by atoms with Crippen LogP contribution in [0.4, 0.5) is 5.69 Å². The van der Waals surface area contributed by atoms with Gasteiger partial charge in [-0.2, -0.15) is 0 Å². The second-order valence-corrected chi connectivity index (χ2v) is 8.61. The molecule has 1 aliphatic carbocycles. The summed E-state index contributed by atoms with van der Waals surface area (Å²) in [7, 11) is 0. The summed E-state index contributed by atoms with van der Waals surface area (Å²) in [4.78, 5) is 38.7. The third-order valence-corrected chi connectivity index (χ3v) is 6.34. The summed E-state index contributed by atoms with van der Waals surface area (Å²) in [6.45, 7) is 0. The number of nitrogens with one attached hydrogen (secondary N) is 1. The number of rotatable bonds is 5. The smallest absolute Gasteiger partial charge is 0.234 e. The molecular formula is C24H15ClN4O3S. The van der Waals surface area contributed by atoms with Crippen molar-refractivity contribution in [1.29, 1.82) is 0 Å². The second-order valence-electron chi connectivity index (χ2n) is 7.23. The van der Waals surface area contributed by atoms with Crippen molar-refractivity contribution < 1.29 is 14.4 Å². The molecular weight excluding hydrogens is 460 g/mol. The first-order chi connectivity index (χ1) is 16.0. The van der Waals surface area contributed by atoms with Crippen LogP contribution in [-0.4, -0.2) is 38.0 Å². The summed E-state index contributed by atoms with van der Waals surface area (Å²) < 4.78 is 1.73. The highest BCUT2D eigenvalue weighted by molar-refractivity contribution is 7.99. The lowest BCUT2D eigenvalue weighted by atomic mass is 9.83. The maximum atomic E-state index is 13.1. The van der Waals surface area contributed by atoms with Crippen LogP contribution in [0.5, 0.6) is 0 Å². The number of nitrogens with zero attached hydrogens (tertiary/aromatic N) is 3. The Morgan fingerprint density at radius 2 is 1.67 bits per heavy atom. The van der Waals surface area contributed by atoms with Gasteiger partial charge >= 0.3 is 0 Å². The number of ketones is 2. The normalized spacial score (nSPS) is 12.3. The zero-order valence-corrected chi connectivity index (χ0v) is 18.6. The van der Waals surface area contributed by atoms with Crippen LogP contribution in [0.3, 0.4) is 0 Å². The molecule has 3 aromatic carbocycles. The highest BCUT2D eigenvalue weighted by Crippen LogP contribution is 2.32. The van der Waals surface area contributed by atoms with Crippen LogP contribution >= 0.6 is 23.4 Å². The van der Waals surface area contributed by atoms with Crippen molar-refractivity contribution in [1.82, 2.24) is 14.8 Å². The van der Waals surface area contributed by atoms with Gasteiger partial charge in [0.15, 0.2) is 16.7 Å². The largest absolute Gasteiger partial charge is 0.325 e. The van der Waals surface area contributed by atoms with Gasteiger partial charge in [-0.1, -0.05) is 65.8 Å². The quantitative estimate of drug-likeness (QED) is 0.379. The van der Waals surface area contributed by atoms with Crippen molar-refractivity contribution >= 4 is 46.5 Å². The lowest BCUT2D eigenvalue weighted by molar-refractivity contribution is -0.113. The third-order valence-electron chi connectivity index (χ3n) is 5.16. The first-order valence-corrected chi connectivity index (χ1v) is 11.3. The summed E-state index contributed by atoms with van der Waals surface area (Å²) in [5, 5.41) is 11.9. The van der Waals surface area contributed by atoms with Gasteiger partial charge in [0.25, 0.3) is 0 Å². The fourth-order valence-corrected chi connectivity index (χ4v) is 4.60. The first kappa shape index (κ1) is 21.1. The maximum Gasteiger partial charge on any atom is 0.234 e. The number of hydrogen-bond donors (Lipinski definition) is 1. The Bertz CT molecular complexity index is 1430. The van der Waals surface area contributed by atoms with E-state index in [9.17, 15) is 14.4 Å². The number of carbonyl (C=O) groups is 3. The molecule has 0 spiro atoms. The molecule has 4 aromatic rings. The summed E-state index contributed by atoms with van der Waals surface area (Å²) in [6, 6.07) is 18.8. The van der Waals surface area contributed by atoms with E-state index in [1.165, 1.54) is 11.8 Å². The number of thioether (sulfide) groups is 1. The zero-order valence-electron chi connectivity index (χ0n) is 17.0. The minimum atomic E-state index is -0.340. The lowest BCUT2D eigenvalue weighted by Crippen LogP contribution is -2.24. The van der Waals surface area contributed by atoms with Gasteiger partial charge < -0.3 is 5.32 Å². The Labute approximate surface area is 197 Å². The van der Waals surface area contributed by atoms with E-state index in [-0.39, 0.29) is 34.4 Å². The Hall–Kier alpha value is -3.75. The maximum absolute atomic E-state index is 13.1. The molecule has 9 heteroatoms. The topological polar surface area (TPSA) is 93.9 Å². The number of hydrogen-bond acceptors (Lipinski definition) is 6. The molecule has 1 aliphatic rings. The fraction of sp³-hybridized carbons (Fsp3) is 0.0417. The molecule has 1 heterocycles. The van der Waals surface area contributed by atoms with E-state index >= 15 is 0 Å². The van der Waals surface area contributed by atoms with Crippen molar-refractivity contribution in [2.24, 2.45) is 0 Å². The minimum absolute atomic E-state index is 0.0294. The SMILES string of the molecule is O=C(CSc1nncn1-c1cccc(Cl)c1)Nc1cccc2c1C(=O)c1ccccc1C2=O. The second kappa shape index (κ2) is 8.65. The molecule has 0 saturated carbocycles. The number of fused-ring (bicyclic) bond motifs is 2. The average molecular weight is 475 g/mol. The Kier molecular flexibility index (Phi) is 5.53. The van der Waals surface area contributed by atoms with Crippen molar-refractivity contribution in [2.45, 2.75) is 5.16 Å². The molecule has 0 radical (unpaired) electrons. The number of aromatic nitrogens is 3. The monoisotopic (exact) mass is 474 g/mol. The molecule has 0 unspecified atom stereocenters. The first-order valence-electron chi connectivity index (χ1n) is 9.93. The molecule has 5 rings (SSSR count). The van der Waals surface area contributed by atoms with Gasteiger partial charge in [0.05, 0.1) is 22.7 Å². The zero-order chi connectivity index (χ0) is 22.9. The summed E-state index contributed by atoms with van der Waals surface area (Å²) >= 11 is 7.26. The standard InChI is InChI=1S/C24H15ClN4O3S/c25-14-5-3-6-15(11-14)29-13-26-28-24(29)33-12-20(30)27-19-10-4-9-18-21(19)23(32)17-8-2-1-7-16(17)22(18)31/h1-11,13H,12H2,(H,27,30). The van der Waals surface area contributed by atoms with Crippen molar-refractivity contribution in [2.75, 3.05) is 11.1 Å². The highest BCUT2D eigenvalue weighted by atomic mass is 35.5. The van der Waals surface area contributed by atoms with Gasteiger partial charge in [-0.25, -0.2) is 0 Å². The predicted octanol–water partition coefficient (Wildman–Crippen LogP) is 4.43. The van der Waals surface area contributed by atoms with Crippen LogP contribution < -0.4 is 5.32 Å². The highest BCUT2D eigenvalue weighted by Gasteiger charge is 2.31. The van der Waals surface area contributed by atoms with E-state index in [1.807, 2.05) is 12.1 Å². The minimum Gasteiger partial charge on any atom is -0.325 e. The molecule has 162 valence electrons. The third kappa shape index (κ3) is 3.94. The van der Waals surface area contributed by atoms with Crippen LogP contribution in [0.15, 0.2) is 78.2 Å². The number of anilines is 1. The molecule has 0 atom stereocenters. The summed E-state index contributed by atoms with van der Waals surface area (Å²) in [5.41, 5.74) is 2.28. The van der Waals surface area contributed by atoms with Crippen molar-refractivity contribution in [3.63, 3.8) is 0 Å². The lowest BCUT2D eigenvalue weighted by Gasteiger charge is -2.20. The average Bonchev–Trinajstić information content (AvgIpc) is 3.30. The van der Waals surface area contributed by atoms with E-state index in [2.05, 4.69) is 15.5 Å². The van der Waals surface area contributed by atoms with Crippen LogP contribution in [0.2, 0.25) is 5.02 Å². The molecule has 1 aromatic heterocycles. The van der Waals surface area contributed by atoms with Gasteiger partial charge in [-0.3, -0.25) is 19.0 Å². The number of amides is 1. The van der Waals surface area contributed by atoms with Gasteiger partial charge in [-0.05, 0) is 24.3 Å². The van der Waals surface area contributed by atoms with E-state index in [0.717, 1.165) is 5.69 Å². The van der Waals surface area contributed by atoms with E-state index in [4.69, 9.17) is 11.6 Å². The van der Waals surface area contributed by atoms with E-state index in [1.54, 1.807) is 65.5 Å². The van der Waals surface area contributed by atoms with Gasteiger partial charge in [0.2, 0.25) is 5.91 Å². The molecule has 0 fully saturated rings. The number of halogens is 1. The van der Waals surface area contributed by atoms with Crippen LogP contribution in [0, 0.1) is 0 Å². The summed E-state index contributed by atoms with van der Waals surface area (Å²) in [6.07, 6.45) is 1.54. The van der Waals surface area contributed by atoms with Crippen LogP contribution in [0.1, 0.15) is 31.8 Å². The summed E-state index contributed by atoms with van der Waals surface area (Å²) in [5.74, 6) is -0.834.